The van der Waals surface area contributed by atoms with E-state index in [1.165, 1.54) is 38.5 Å². The minimum Gasteiger partial charge on any atom is -0.404 e. The minimum absolute atomic E-state index is 0.728. The molecule has 1 aromatic heterocycles. The molecule has 0 spiro atoms. The normalized spacial score (nSPS) is 14.6. The van der Waals surface area contributed by atoms with Gasteiger partial charge in [-0.05, 0) is 47.4 Å². The first-order valence-corrected chi connectivity index (χ1v) is 11.9. The van der Waals surface area contributed by atoms with Crippen molar-refractivity contribution in [2.24, 2.45) is 11.5 Å². The number of hydrogen-bond acceptors (Lipinski definition) is 2. The maximum atomic E-state index is 6.56. The molecule has 0 radical (unpaired) electrons. The molecule has 0 saturated heterocycles. The molecule has 170 valence electrons. The predicted molar refractivity (Wildman–Crippen MR) is 149 cm³/mol. The second-order valence-electron chi connectivity index (χ2n) is 8.95. The van der Waals surface area contributed by atoms with Crippen LogP contribution in [0.4, 0.5) is 0 Å². The van der Waals surface area contributed by atoms with Crippen molar-refractivity contribution in [1.29, 1.82) is 0 Å². The summed E-state index contributed by atoms with van der Waals surface area (Å²) in [6.45, 7) is 2.73. The number of rotatable bonds is 4. The molecule has 1 heterocycles. The summed E-state index contributed by atoms with van der Waals surface area (Å²) in [7, 11) is 0. The van der Waals surface area contributed by atoms with Crippen molar-refractivity contribution < 1.29 is 0 Å². The van der Waals surface area contributed by atoms with E-state index < -0.39 is 0 Å². The van der Waals surface area contributed by atoms with Crippen LogP contribution in [0.3, 0.4) is 0 Å². The highest BCUT2D eigenvalue weighted by Gasteiger charge is 2.26. The molecule has 0 saturated carbocycles. The van der Waals surface area contributed by atoms with Crippen molar-refractivity contribution in [3.05, 3.63) is 132 Å². The summed E-state index contributed by atoms with van der Waals surface area (Å²) < 4.78 is 2.41. The Morgan fingerprint density at radius 1 is 0.771 bits per heavy atom. The highest BCUT2D eigenvalue weighted by molar-refractivity contribution is 6.09. The van der Waals surface area contributed by atoms with Crippen LogP contribution < -0.4 is 11.5 Å². The number of nitrogens with two attached hydrogens (primary N) is 2. The smallest absolute Gasteiger partial charge is 0.0494 e. The summed E-state index contributed by atoms with van der Waals surface area (Å²) in [4.78, 5) is 0. The Labute approximate surface area is 205 Å². The lowest BCUT2D eigenvalue weighted by atomic mass is 9.97. The topological polar surface area (TPSA) is 57.0 Å². The fourth-order valence-electron chi connectivity index (χ4n) is 5.42. The van der Waals surface area contributed by atoms with Gasteiger partial charge >= 0.3 is 0 Å². The van der Waals surface area contributed by atoms with Gasteiger partial charge in [-0.15, -0.1) is 0 Å². The van der Waals surface area contributed by atoms with Crippen molar-refractivity contribution in [3.8, 4) is 11.1 Å². The van der Waals surface area contributed by atoms with E-state index in [1.54, 1.807) is 6.20 Å². The molecule has 5 aromatic rings. The molecule has 3 nitrogen and oxygen atoms in total. The van der Waals surface area contributed by atoms with E-state index in [9.17, 15) is 0 Å². The van der Waals surface area contributed by atoms with Gasteiger partial charge in [0.15, 0.2) is 0 Å². The lowest BCUT2D eigenvalue weighted by Crippen LogP contribution is -2.04. The molecule has 4 aromatic carbocycles. The second-order valence-corrected chi connectivity index (χ2v) is 8.95. The van der Waals surface area contributed by atoms with Crippen molar-refractivity contribution in [2.75, 3.05) is 0 Å². The Morgan fingerprint density at radius 2 is 1.54 bits per heavy atom. The summed E-state index contributed by atoms with van der Waals surface area (Å²) >= 11 is 0. The van der Waals surface area contributed by atoms with Crippen LogP contribution in [0, 0.1) is 0 Å². The Kier molecular flexibility index (Phi) is 5.04. The lowest BCUT2D eigenvalue weighted by molar-refractivity contribution is 0.866. The largest absolute Gasteiger partial charge is 0.404 e. The molecule has 35 heavy (non-hydrogen) atoms. The van der Waals surface area contributed by atoms with Crippen molar-refractivity contribution >= 4 is 33.1 Å². The molecule has 0 amide bonds. The second kappa shape index (κ2) is 8.37. The molecular formula is C32H27N3. The van der Waals surface area contributed by atoms with E-state index in [1.807, 2.05) is 19.1 Å². The highest BCUT2D eigenvalue weighted by atomic mass is 15.0. The number of nitrogens with zero attached hydrogens (tertiary/aromatic N) is 1. The third-order valence-electron chi connectivity index (χ3n) is 7.00. The van der Waals surface area contributed by atoms with Crippen LogP contribution in [0.2, 0.25) is 0 Å². The fraction of sp³-hybridized carbons (Fsp3) is 0.0625. The Bertz CT molecular complexity index is 1680. The van der Waals surface area contributed by atoms with E-state index in [4.69, 9.17) is 11.5 Å². The highest BCUT2D eigenvalue weighted by Crippen LogP contribution is 2.42. The third-order valence-corrected chi connectivity index (χ3v) is 7.00. The first kappa shape index (κ1) is 21.1. The zero-order valence-electron chi connectivity index (χ0n) is 19.7. The van der Waals surface area contributed by atoms with Gasteiger partial charge in [-0.1, -0.05) is 84.9 Å². The van der Waals surface area contributed by atoms with Gasteiger partial charge in [0, 0.05) is 57.0 Å². The number of hydrogen-bond donors (Lipinski definition) is 2. The molecule has 6 rings (SSSR count). The van der Waals surface area contributed by atoms with Crippen LogP contribution in [-0.4, -0.2) is 4.57 Å². The first-order chi connectivity index (χ1) is 17.2. The maximum Gasteiger partial charge on any atom is 0.0494 e. The van der Waals surface area contributed by atoms with Crippen LogP contribution in [0.1, 0.15) is 23.6 Å². The molecule has 0 unspecified atom stereocenters. The molecule has 0 fully saturated rings. The van der Waals surface area contributed by atoms with Crippen LogP contribution in [0.25, 0.3) is 44.2 Å². The van der Waals surface area contributed by atoms with E-state index in [0.717, 1.165) is 34.5 Å². The lowest BCUT2D eigenvalue weighted by Gasteiger charge is -2.14. The van der Waals surface area contributed by atoms with Crippen LogP contribution in [0.5, 0.6) is 0 Å². The fourth-order valence-corrected chi connectivity index (χ4v) is 5.42. The predicted octanol–water partition coefficient (Wildman–Crippen LogP) is 7.07. The number of benzene rings is 4. The summed E-state index contributed by atoms with van der Waals surface area (Å²) in [5, 5.41) is 2.52. The van der Waals surface area contributed by atoms with E-state index in [2.05, 4.69) is 95.6 Å². The number of aromatic nitrogens is 1. The summed E-state index contributed by atoms with van der Waals surface area (Å²) in [6, 6.07) is 32.3. The van der Waals surface area contributed by atoms with Gasteiger partial charge in [-0.2, -0.15) is 0 Å². The van der Waals surface area contributed by atoms with Gasteiger partial charge in [0.05, 0.1) is 0 Å². The zero-order chi connectivity index (χ0) is 23.9. The van der Waals surface area contributed by atoms with Gasteiger partial charge in [-0.3, -0.25) is 0 Å². The van der Waals surface area contributed by atoms with Crippen molar-refractivity contribution in [3.63, 3.8) is 0 Å². The molecule has 0 bridgehead atoms. The van der Waals surface area contributed by atoms with Crippen molar-refractivity contribution in [1.82, 2.24) is 4.57 Å². The molecule has 0 atom stereocenters. The van der Waals surface area contributed by atoms with Crippen molar-refractivity contribution in [2.45, 2.75) is 13.5 Å². The van der Waals surface area contributed by atoms with Crippen LogP contribution in [0.15, 0.2) is 115 Å². The molecule has 3 heteroatoms. The Balaban J connectivity index is 1.53. The average Bonchev–Trinajstić information content (AvgIpc) is 3.37. The first-order valence-electron chi connectivity index (χ1n) is 11.9. The molecule has 1 aliphatic carbocycles. The molecule has 1 aliphatic rings. The standard InChI is InChI=1S/C32H27N3/c1-2-9-25-28(19-33)31-23(12-8-14-26(31)32(25)34)20-35-29-15-7-6-13-24(29)27-18-22(16-17-30(27)35)21-10-4-3-5-11-21/h2-19H,20,33-34H2,1H3/b9-2-,28-19-. The monoisotopic (exact) mass is 453 g/mol. The van der Waals surface area contributed by atoms with Gasteiger partial charge in [0.25, 0.3) is 0 Å². The quantitative estimate of drug-likeness (QED) is 0.306. The Morgan fingerprint density at radius 3 is 2.34 bits per heavy atom. The van der Waals surface area contributed by atoms with Crippen LogP contribution >= 0.6 is 0 Å². The molecular weight excluding hydrogens is 426 g/mol. The third kappa shape index (κ3) is 3.28. The van der Waals surface area contributed by atoms with Crippen LogP contribution in [-0.2, 0) is 6.54 Å². The molecule has 4 N–H and O–H groups in total. The minimum atomic E-state index is 0.728. The SMILES string of the molecule is C/C=C\C1=C(N)c2cccc(Cn3c4ccccc4c4cc(-c5ccccc5)ccc43)c2/C1=C\N. The maximum absolute atomic E-state index is 6.56. The average molecular weight is 454 g/mol. The number of fused-ring (bicyclic) bond motifs is 4. The Hall–Kier alpha value is -4.50. The van der Waals surface area contributed by atoms with Gasteiger partial charge in [0.1, 0.15) is 0 Å². The van der Waals surface area contributed by atoms with Gasteiger partial charge in [-0.25, -0.2) is 0 Å². The summed E-state index contributed by atoms with van der Waals surface area (Å²) in [5.74, 6) is 0. The molecule has 0 aliphatic heterocycles. The summed E-state index contributed by atoms with van der Waals surface area (Å²) in [6.07, 6.45) is 5.74. The van der Waals surface area contributed by atoms with Gasteiger partial charge < -0.3 is 16.0 Å². The van der Waals surface area contributed by atoms with E-state index >= 15 is 0 Å². The van der Waals surface area contributed by atoms with Gasteiger partial charge in [0.2, 0.25) is 0 Å². The zero-order valence-corrected chi connectivity index (χ0v) is 19.7. The number of para-hydroxylation sites is 1. The summed E-state index contributed by atoms with van der Waals surface area (Å²) in [5.41, 5.74) is 23.7. The van der Waals surface area contributed by atoms with E-state index in [-0.39, 0.29) is 0 Å². The van der Waals surface area contributed by atoms with E-state index in [0.29, 0.717) is 0 Å². The number of allylic oxidation sites excluding steroid dienone is 4.